The van der Waals surface area contributed by atoms with E-state index in [1.54, 1.807) is 0 Å². The van der Waals surface area contributed by atoms with Crippen molar-refractivity contribution in [2.45, 2.75) is 58.2 Å². The van der Waals surface area contributed by atoms with Gasteiger partial charge in [0.1, 0.15) is 18.1 Å². The zero-order valence-electron chi connectivity index (χ0n) is 14.2. The van der Waals surface area contributed by atoms with E-state index in [0.717, 1.165) is 6.42 Å². The summed E-state index contributed by atoms with van der Waals surface area (Å²) in [5, 5.41) is 21.4. The molecule has 0 fully saturated rings. The maximum atomic E-state index is 11.8. The summed E-state index contributed by atoms with van der Waals surface area (Å²) in [4.78, 5) is 42.9. The van der Waals surface area contributed by atoms with E-state index in [4.69, 9.17) is 21.7 Å². The van der Waals surface area contributed by atoms with Crippen LogP contribution in [0.15, 0.2) is 0 Å². The van der Waals surface area contributed by atoms with E-state index in [1.165, 1.54) is 20.8 Å². The third-order valence-corrected chi connectivity index (χ3v) is 2.76. The van der Waals surface area contributed by atoms with Crippen LogP contribution in [0.25, 0.3) is 0 Å². The van der Waals surface area contributed by atoms with Crippen LogP contribution < -0.4 is 22.1 Å². The van der Waals surface area contributed by atoms with Crippen molar-refractivity contribution in [2.24, 2.45) is 11.5 Å². The maximum Gasteiger partial charge on any atom is 0.325 e. The fourth-order valence-electron chi connectivity index (χ4n) is 1.38. The van der Waals surface area contributed by atoms with Gasteiger partial charge >= 0.3 is 11.9 Å². The molecule has 0 aliphatic heterocycles. The second-order valence-electron chi connectivity index (χ2n) is 5.23. The standard InChI is InChI=1S/C11H21N3O4.C3H7NO2/c1-7(11(17)18)13-10(16)9(14-8(2)15)5-3-4-6-12;1-2(4)3(5)6/h7,9H,3-6,12H2,1-2H3,(H,13,16)(H,14,15)(H,17,18);2H,4H2,1H3,(H,5,6)/t7-,9+;2-/m11/s1. The predicted octanol–water partition coefficient (Wildman–Crippen LogP) is -1.37. The van der Waals surface area contributed by atoms with Gasteiger partial charge in [-0.05, 0) is 39.7 Å². The molecule has 3 atom stereocenters. The number of nitrogens with two attached hydrogens (primary N) is 2. The van der Waals surface area contributed by atoms with Crippen molar-refractivity contribution in [3.05, 3.63) is 0 Å². The van der Waals surface area contributed by atoms with Gasteiger partial charge in [-0.3, -0.25) is 19.2 Å². The molecule has 0 aliphatic carbocycles. The highest BCUT2D eigenvalue weighted by Crippen LogP contribution is 2.01. The number of unbranched alkanes of at least 4 members (excludes halogenated alkanes) is 1. The summed E-state index contributed by atoms with van der Waals surface area (Å²) in [5.74, 6) is -2.90. The first-order chi connectivity index (χ1) is 11.0. The Hall–Kier alpha value is -2.20. The van der Waals surface area contributed by atoms with Gasteiger partial charge in [-0.2, -0.15) is 0 Å². The molecule has 24 heavy (non-hydrogen) atoms. The molecular weight excluding hydrogens is 320 g/mol. The number of aliphatic carboxylic acids is 2. The van der Waals surface area contributed by atoms with Crippen molar-refractivity contribution in [2.75, 3.05) is 6.54 Å². The van der Waals surface area contributed by atoms with Gasteiger partial charge in [0.15, 0.2) is 0 Å². The number of carboxylic acids is 2. The van der Waals surface area contributed by atoms with Crippen LogP contribution in [0.3, 0.4) is 0 Å². The average molecular weight is 348 g/mol. The second-order valence-corrected chi connectivity index (χ2v) is 5.23. The highest BCUT2D eigenvalue weighted by molar-refractivity contribution is 5.89. The van der Waals surface area contributed by atoms with E-state index in [9.17, 15) is 19.2 Å². The number of amides is 2. The molecule has 10 nitrogen and oxygen atoms in total. The van der Waals surface area contributed by atoms with Crippen molar-refractivity contribution in [3.63, 3.8) is 0 Å². The molecule has 8 N–H and O–H groups in total. The van der Waals surface area contributed by atoms with Crippen molar-refractivity contribution in [3.8, 4) is 0 Å². The highest BCUT2D eigenvalue weighted by Gasteiger charge is 2.22. The molecule has 140 valence electrons. The third-order valence-electron chi connectivity index (χ3n) is 2.76. The number of hydrogen-bond donors (Lipinski definition) is 6. The monoisotopic (exact) mass is 348 g/mol. The number of carbonyl (C=O) groups excluding carboxylic acids is 2. The van der Waals surface area contributed by atoms with Gasteiger partial charge in [0.05, 0.1) is 0 Å². The van der Waals surface area contributed by atoms with E-state index in [0.29, 0.717) is 19.4 Å². The van der Waals surface area contributed by atoms with Crippen LogP contribution in [0.4, 0.5) is 0 Å². The minimum atomic E-state index is -1.12. The predicted molar refractivity (Wildman–Crippen MR) is 87.0 cm³/mol. The molecule has 10 heteroatoms. The molecule has 0 radical (unpaired) electrons. The molecular formula is C14H28N4O6. The Morgan fingerprint density at radius 2 is 1.50 bits per heavy atom. The van der Waals surface area contributed by atoms with E-state index in [-0.39, 0.29) is 5.91 Å². The normalized spacial score (nSPS) is 13.5. The smallest absolute Gasteiger partial charge is 0.325 e. The van der Waals surface area contributed by atoms with Crippen LogP contribution in [-0.2, 0) is 19.2 Å². The first kappa shape index (κ1) is 24.1. The maximum absolute atomic E-state index is 11.8. The summed E-state index contributed by atoms with van der Waals surface area (Å²) >= 11 is 0. The van der Waals surface area contributed by atoms with Crippen LogP contribution in [0, 0.1) is 0 Å². The number of carboxylic acid groups (broad SMARTS) is 2. The summed E-state index contributed by atoms with van der Waals surface area (Å²) < 4.78 is 0. The number of carbonyl (C=O) groups is 4. The molecule has 0 aliphatic rings. The summed E-state index contributed by atoms with van der Waals surface area (Å²) in [7, 11) is 0. The molecule has 0 rings (SSSR count). The van der Waals surface area contributed by atoms with Crippen molar-refractivity contribution < 1.29 is 29.4 Å². The quantitative estimate of drug-likeness (QED) is 0.275. The first-order valence-electron chi connectivity index (χ1n) is 7.51. The largest absolute Gasteiger partial charge is 0.480 e. The summed E-state index contributed by atoms with van der Waals surface area (Å²) in [6, 6.07) is -2.43. The zero-order valence-corrected chi connectivity index (χ0v) is 14.2. The Morgan fingerprint density at radius 1 is 1.00 bits per heavy atom. The lowest BCUT2D eigenvalue weighted by atomic mass is 10.1. The van der Waals surface area contributed by atoms with E-state index < -0.39 is 36.0 Å². The lowest BCUT2D eigenvalue weighted by Gasteiger charge is -2.19. The van der Waals surface area contributed by atoms with E-state index in [1.807, 2.05) is 0 Å². The van der Waals surface area contributed by atoms with Gasteiger partial charge in [0.2, 0.25) is 11.8 Å². The molecule has 0 saturated carbocycles. The molecule has 0 unspecified atom stereocenters. The SMILES string of the molecule is CC(=O)N[C@@H](CCCCN)C(=O)N[C@H](C)C(=O)O.C[C@@H](N)C(=O)O. The van der Waals surface area contributed by atoms with Crippen LogP contribution in [0.2, 0.25) is 0 Å². The molecule has 0 aromatic rings. The Morgan fingerprint density at radius 3 is 1.83 bits per heavy atom. The Kier molecular flexibility index (Phi) is 13.3. The zero-order chi connectivity index (χ0) is 19.3. The van der Waals surface area contributed by atoms with E-state index >= 15 is 0 Å². The van der Waals surface area contributed by atoms with Crippen molar-refractivity contribution in [1.82, 2.24) is 10.6 Å². The van der Waals surface area contributed by atoms with Gasteiger partial charge in [0, 0.05) is 6.92 Å². The molecule has 0 aromatic carbocycles. The topological polar surface area (TPSA) is 185 Å². The van der Waals surface area contributed by atoms with E-state index in [2.05, 4.69) is 10.6 Å². The average Bonchev–Trinajstić information content (AvgIpc) is 2.46. The molecule has 0 bridgehead atoms. The summed E-state index contributed by atoms with van der Waals surface area (Å²) in [5.41, 5.74) is 10.2. The number of hydrogen-bond acceptors (Lipinski definition) is 6. The van der Waals surface area contributed by atoms with Crippen LogP contribution >= 0.6 is 0 Å². The summed E-state index contributed by atoms with van der Waals surface area (Å²) in [6.07, 6.45) is 1.88. The van der Waals surface area contributed by atoms with Crippen LogP contribution in [0.5, 0.6) is 0 Å². The molecule has 0 spiro atoms. The fourth-order valence-corrected chi connectivity index (χ4v) is 1.38. The number of rotatable bonds is 9. The van der Waals surface area contributed by atoms with Crippen molar-refractivity contribution >= 4 is 23.8 Å². The van der Waals surface area contributed by atoms with Gasteiger partial charge in [-0.25, -0.2) is 0 Å². The van der Waals surface area contributed by atoms with Gasteiger partial charge in [-0.15, -0.1) is 0 Å². The van der Waals surface area contributed by atoms with Crippen LogP contribution in [-0.4, -0.2) is 58.6 Å². The Labute approximate surface area is 141 Å². The van der Waals surface area contributed by atoms with Crippen LogP contribution in [0.1, 0.15) is 40.0 Å². The molecule has 2 amide bonds. The van der Waals surface area contributed by atoms with Gasteiger partial charge in [-0.1, -0.05) is 0 Å². The minimum Gasteiger partial charge on any atom is -0.480 e. The molecule has 0 aromatic heterocycles. The van der Waals surface area contributed by atoms with Crippen molar-refractivity contribution in [1.29, 1.82) is 0 Å². The lowest BCUT2D eigenvalue weighted by molar-refractivity contribution is -0.141. The van der Waals surface area contributed by atoms with Gasteiger partial charge in [0.25, 0.3) is 0 Å². The number of nitrogens with one attached hydrogen (secondary N) is 2. The first-order valence-corrected chi connectivity index (χ1v) is 7.51. The fraction of sp³-hybridized carbons (Fsp3) is 0.714. The third kappa shape index (κ3) is 13.5. The molecule has 0 heterocycles. The summed E-state index contributed by atoms with van der Waals surface area (Å²) in [6.45, 7) is 4.61. The minimum absolute atomic E-state index is 0.328. The lowest BCUT2D eigenvalue weighted by Crippen LogP contribution is -2.50. The second kappa shape index (κ2) is 13.3. The Balaban J connectivity index is 0. The van der Waals surface area contributed by atoms with Gasteiger partial charge < -0.3 is 32.3 Å². The Bertz CT molecular complexity index is 427. The molecule has 0 saturated heterocycles. The highest BCUT2D eigenvalue weighted by atomic mass is 16.4.